The molecule has 0 atom stereocenters. The van der Waals surface area contributed by atoms with Crippen LogP contribution in [-0.4, -0.2) is 23.5 Å². The molecular weight excluding hydrogens is 432 g/mol. The third-order valence-corrected chi connectivity index (χ3v) is 5.66. The molecule has 1 aliphatic carbocycles. The number of halogens is 1. The van der Waals surface area contributed by atoms with Gasteiger partial charge in [0.25, 0.3) is 5.91 Å². The summed E-state index contributed by atoms with van der Waals surface area (Å²) in [6, 6.07) is 13.2. The van der Waals surface area contributed by atoms with Crippen molar-refractivity contribution in [3.63, 3.8) is 0 Å². The SMILES string of the molecule is Cc1cc(Br)ccc1NC(=O)COC(=O)c1c2c(nc3ccccc13)CCCC2. The number of fused-ring (bicyclic) bond motifs is 2. The van der Waals surface area contributed by atoms with Crippen molar-refractivity contribution < 1.29 is 14.3 Å². The topological polar surface area (TPSA) is 68.3 Å². The lowest BCUT2D eigenvalue weighted by molar-refractivity contribution is -0.119. The van der Waals surface area contributed by atoms with E-state index in [9.17, 15) is 9.59 Å². The summed E-state index contributed by atoms with van der Waals surface area (Å²) in [5, 5.41) is 3.57. The Balaban J connectivity index is 1.54. The maximum absolute atomic E-state index is 13.0. The molecule has 0 unspecified atom stereocenters. The molecule has 1 aliphatic rings. The van der Waals surface area contributed by atoms with Gasteiger partial charge in [-0.3, -0.25) is 9.78 Å². The number of esters is 1. The molecule has 1 N–H and O–H groups in total. The van der Waals surface area contributed by atoms with Gasteiger partial charge in [0.05, 0.1) is 11.1 Å². The number of benzene rings is 2. The van der Waals surface area contributed by atoms with Crippen LogP contribution in [0.15, 0.2) is 46.9 Å². The number of aryl methyl sites for hydroxylation is 2. The highest BCUT2D eigenvalue weighted by Crippen LogP contribution is 2.29. The summed E-state index contributed by atoms with van der Waals surface area (Å²) in [6.45, 7) is 1.57. The van der Waals surface area contributed by atoms with Gasteiger partial charge in [0.2, 0.25) is 0 Å². The van der Waals surface area contributed by atoms with Crippen LogP contribution in [0.5, 0.6) is 0 Å². The molecule has 148 valence electrons. The van der Waals surface area contributed by atoms with E-state index in [1.807, 2.05) is 49.4 Å². The summed E-state index contributed by atoms with van der Waals surface area (Å²) < 4.78 is 6.35. The Morgan fingerprint density at radius 3 is 2.76 bits per heavy atom. The van der Waals surface area contributed by atoms with Crippen molar-refractivity contribution in [1.29, 1.82) is 0 Å². The van der Waals surface area contributed by atoms with Gasteiger partial charge in [0, 0.05) is 21.2 Å². The fourth-order valence-electron chi connectivity index (χ4n) is 3.76. The van der Waals surface area contributed by atoms with Crippen LogP contribution in [0.4, 0.5) is 5.69 Å². The Morgan fingerprint density at radius 2 is 1.93 bits per heavy atom. The van der Waals surface area contributed by atoms with Gasteiger partial charge in [-0.25, -0.2) is 4.79 Å². The van der Waals surface area contributed by atoms with Crippen molar-refractivity contribution in [1.82, 2.24) is 4.98 Å². The standard InChI is InChI=1S/C23H21BrN2O3/c1-14-12-15(24)10-11-18(14)26-21(27)13-29-23(28)22-16-6-2-4-8-19(16)25-20-9-5-3-7-17(20)22/h2,4,6,8,10-12H,3,5,7,9,13H2,1H3,(H,26,27). The highest BCUT2D eigenvalue weighted by molar-refractivity contribution is 9.10. The number of para-hydroxylation sites is 1. The monoisotopic (exact) mass is 452 g/mol. The number of rotatable bonds is 4. The smallest absolute Gasteiger partial charge is 0.339 e. The molecule has 0 saturated carbocycles. The van der Waals surface area contributed by atoms with Gasteiger partial charge in [0.1, 0.15) is 0 Å². The van der Waals surface area contributed by atoms with Crippen LogP contribution in [0, 0.1) is 6.92 Å². The lowest BCUT2D eigenvalue weighted by Gasteiger charge is -2.20. The number of nitrogens with zero attached hydrogens (tertiary/aromatic N) is 1. The Bertz CT molecular complexity index is 1110. The van der Waals surface area contributed by atoms with Crippen LogP contribution < -0.4 is 5.32 Å². The van der Waals surface area contributed by atoms with E-state index in [2.05, 4.69) is 21.2 Å². The molecule has 0 spiro atoms. The van der Waals surface area contributed by atoms with Gasteiger partial charge in [-0.2, -0.15) is 0 Å². The van der Waals surface area contributed by atoms with Gasteiger partial charge in [-0.15, -0.1) is 0 Å². The molecule has 4 rings (SSSR count). The summed E-state index contributed by atoms with van der Waals surface area (Å²) >= 11 is 3.40. The molecule has 6 heteroatoms. The Kier molecular flexibility index (Phi) is 5.62. The van der Waals surface area contributed by atoms with Crippen molar-refractivity contribution in [3.05, 3.63) is 69.3 Å². The van der Waals surface area contributed by atoms with E-state index in [1.54, 1.807) is 0 Å². The van der Waals surface area contributed by atoms with Crippen LogP contribution in [0.3, 0.4) is 0 Å². The number of aromatic nitrogens is 1. The Hall–Kier alpha value is -2.73. The van der Waals surface area contributed by atoms with Crippen LogP contribution in [0.25, 0.3) is 10.9 Å². The van der Waals surface area contributed by atoms with Crippen LogP contribution in [0.1, 0.15) is 40.0 Å². The molecular formula is C23H21BrN2O3. The highest BCUT2D eigenvalue weighted by atomic mass is 79.9. The summed E-state index contributed by atoms with van der Waals surface area (Å²) in [7, 11) is 0. The van der Waals surface area contributed by atoms with Gasteiger partial charge in [-0.1, -0.05) is 34.1 Å². The maximum Gasteiger partial charge on any atom is 0.339 e. The predicted octanol–water partition coefficient (Wildman–Crippen LogP) is 4.98. The number of anilines is 1. The molecule has 3 aromatic rings. The van der Waals surface area contributed by atoms with Gasteiger partial charge < -0.3 is 10.1 Å². The minimum Gasteiger partial charge on any atom is -0.452 e. The maximum atomic E-state index is 13.0. The molecule has 0 saturated heterocycles. The van der Waals surface area contributed by atoms with Gasteiger partial charge >= 0.3 is 5.97 Å². The molecule has 0 radical (unpaired) electrons. The van der Waals surface area contributed by atoms with Crippen LogP contribution in [0.2, 0.25) is 0 Å². The Morgan fingerprint density at radius 1 is 1.14 bits per heavy atom. The van der Waals surface area contributed by atoms with E-state index >= 15 is 0 Å². The number of nitrogens with one attached hydrogen (secondary N) is 1. The number of carbonyl (C=O) groups excluding carboxylic acids is 2. The summed E-state index contributed by atoms with van der Waals surface area (Å²) in [4.78, 5) is 30.0. The van der Waals surface area contributed by atoms with E-state index in [4.69, 9.17) is 9.72 Å². The van der Waals surface area contributed by atoms with Crippen molar-refractivity contribution in [2.24, 2.45) is 0 Å². The first kappa shape index (κ1) is 19.6. The van der Waals surface area contributed by atoms with E-state index in [-0.39, 0.29) is 12.5 Å². The first-order valence-corrected chi connectivity index (χ1v) is 10.5. The lowest BCUT2D eigenvalue weighted by atomic mass is 9.90. The molecule has 0 fully saturated rings. The average Bonchev–Trinajstić information content (AvgIpc) is 2.72. The minimum atomic E-state index is -0.468. The third kappa shape index (κ3) is 4.17. The predicted molar refractivity (Wildman–Crippen MR) is 116 cm³/mol. The number of carbonyl (C=O) groups is 2. The normalized spacial score (nSPS) is 13.0. The minimum absolute atomic E-state index is 0.334. The molecule has 1 amide bonds. The molecule has 5 nitrogen and oxygen atoms in total. The van der Waals surface area contributed by atoms with E-state index in [1.165, 1.54) is 0 Å². The van der Waals surface area contributed by atoms with Gasteiger partial charge in [0.15, 0.2) is 6.61 Å². The summed E-state index contributed by atoms with van der Waals surface area (Å²) in [6.07, 6.45) is 3.77. The second-order valence-electron chi connectivity index (χ2n) is 7.22. The number of hydrogen-bond acceptors (Lipinski definition) is 4. The molecule has 0 bridgehead atoms. The molecule has 2 aromatic carbocycles. The molecule has 0 aliphatic heterocycles. The number of hydrogen-bond donors (Lipinski definition) is 1. The molecule has 1 aromatic heterocycles. The third-order valence-electron chi connectivity index (χ3n) is 5.17. The van der Waals surface area contributed by atoms with E-state index < -0.39 is 5.97 Å². The highest BCUT2D eigenvalue weighted by Gasteiger charge is 2.24. The van der Waals surface area contributed by atoms with Crippen molar-refractivity contribution in [2.75, 3.05) is 11.9 Å². The summed E-state index contributed by atoms with van der Waals surface area (Å²) in [5.74, 6) is -0.833. The number of pyridine rings is 1. The average molecular weight is 453 g/mol. The largest absolute Gasteiger partial charge is 0.452 e. The van der Waals surface area contributed by atoms with E-state index in [0.717, 1.165) is 57.9 Å². The number of ether oxygens (including phenoxy) is 1. The van der Waals surface area contributed by atoms with Crippen LogP contribution in [-0.2, 0) is 22.4 Å². The fraction of sp³-hybridized carbons (Fsp3) is 0.261. The Labute approximate surface area is 177 Å². The molecule has 29 heavy (non-hydrogen) atoms. The first-order valence-electron chi connectivity index (χ1n) is 9.66. The zero-order valence-electron chi connectivity index (χ0n) is 16.1. The van der Waals surface area contributed by atoms with Crippen LogP contribution >= 0.6 is 15.9 Å². The molecule has 1 heterocycles. The first-order chi connectivity index (χ1) is 14.0. The van der Waals surface area contributed by atoms with Crippen molar-refractivity contribution in [3.8, 4) is 0 Å². The van der Waals surface area contributed by atoms with E-state index in [0.29, 0.717) is 11.3 Å². The number of amides is 1. The second kappa shape index (κ2) is 8.33. The van der Waals surface area contributed by atoms with Gasteiger partial charge in [-0.05, 0) is 68.0 Å². The zero-order chi connectivity index (χ0) is 20.4. The second-order valence-corrected chi connectivity index (χ2v) is 8.14. The summed E-state index contributed by atoms with van der Waals surface area (Å²) in [5.41, 5.74) is 4.89. The van der Waals surface area contributed by atoms with Crippen molar-refractivity contribution in [2.45, 2.75) is 32.6 Å². The fourth-order valence-corrected chi connectivity index (χ4v) is 4.24. The lowest BCUT2D eigenvalue weighted by Crippen LogP contribution is -2.23. The quantitative estimate of drug-likeness (QED) is 0.566. The zero-order valence-corrected chi connectivity index (χ0v) is 17.7. The van der Waals surface area contributed by atoms with Crippen molar-refractivity contribution >= 4 is 44.4 Å².